The summed E-state index contributed by atoms with van der Waals surface area (Å²) in [7, 11) is 4.61. The first-order valence-electron chi connectivity index (χ1n) is 8.38. The van der Waals surface area contributed by atoms with Crippen LogP contribution in [0.1, 0.15) is 18.4 Å². The Labute approximate surface area is 152 Å². The second-order valence-corrected chi connectivity index (χ2v) is 5.91. The number of methoxy groups -OCH3 is 3. The zero-order chi connectivity index (χ0) is 19.1. The molecular weight excluding hydrogens is 342 g/mol. The number of ether oxygens (including phenoxy) is 4. The third kappa shape index (κ3) is 4.57. The Kier molecular flexibility index (Phi) is 7.08. The molecule has 0 spiro atoms. The van der Waals surface area contributed by atoms with Crippen molar-refractivity contribution in [1.29, 1.82) is 0 Å². The lowest BCUT2D eigenvalue weighted by Gasteiger charge is -2.35. The third-order valence-electron chi connectivity index (χ3n) is 4.35. The van der Waals surface area contributed by atoms with Crippen LogP contribution in [0.25, 0.3) is 0 Å². The number of aliphatic carboxylic acids is 1. The van der Waals surface area contributed by atoms with Crippen molar-refractivity contribution in [3.63, 3.8) is 0 Å². The highest BCUT2D eigenvalue weighted by molar-refractivity contribution is 5.78. The van der Waals surface area contributed by atoms with Gasteiger partial charge >= 0.3 is 5.97 Å². The number of morpholine rings is 1. The van der Waals surface area contributed by atoms with E-state index in [-0.39, 0.29) is 25.4 Å². The number of nitrogens with zero attached hydrogens (tertiary/aromatic N) is 1. The molecule has 0 bridgehead atoms. The van der Waals surface area contributed by atoms with Crippen LogP contribution in [0, 0.1) is 0 Å². The Balaban J connectivity index is 2.09. The van der Waals surface area contributed by atoms with E-state index in [1.165, 1.54) is 14.2 Å². The van der Waals surface area contributed by atoms with Crippen LogP contribution in [-0.2, 0) is 20.7 Å². The lowest BCUT2D eigenvalue weighted by Crippen LogP contribution is -2.49. The fraction of sp³-hybridized carbons (Fsp3) is 0.556. The molecule has 1 atom stereocenters. The van der Waals surface area contributed by atoms with Gasteiger partial charge in [0.05, 0.1) is 47.0 Å². The van der Waals surface area contributed by atoms with E-state index in [1.807, 2.05) is 6.07 Å². The topological polar surface area (TPSA) is 94.5 Å². The number of carboxylic acids is 1. The van der Waals surface area contributed by atoms with Gasteiger partial charge in [-0.15, -0.1) is 0 Å². The molecule has 1 fully saturated rings. The molecule has 1 aromatic carbocycles. The van der Waals surface area contributed by atoms with Crippen LogP contribution in [0.15, 0.2) is 12.1 Å². The maximum atomic E-state index is 12.6. The Hall–Kier alpha value is -2.48. The van der Waals surface area contributed by atoms with Gasteiger partial charge < -0.3 is 29.0 Å². The highest BCUT2D eigenvalue weighted by atomic mass is 16.5. The van der Waals surface area contributed by atoms with E-state index < -0.39 is 12.0 Å². The van der Waals surface area contributed by atoms with Gasteiger partial charge in [0, 0.05) is 13.0 Å². The first-order valence-corrected chi connectivity index (χ1v) is 8.38. The molecule has 26 heavy (non-hydrogen) atoms. The predicted octanol–water partition coefficient (Wildman–Crippen LogP) is 1.35. The molecule has 1 N–H and O–H groups in total. The number of carbonyl (C=O) groups is 2. The quantitative estimate of drug-likeness (QED) is 0.741. The number of aryl methyl sites for hydroxylation is 1. The number of benzene rings is 1. The van der Waals surface area contributed by atoms with Crippen LogP contribution in [0.2, 0.25) is 0 Å². The van der Waals surface area contributed by atoms with E-state index in [9.17, 15) is 9.59 Å². The maximum Gasteiger partial charge on any atom is 0.305 e. The largest absolute Gasteiger partial charge is 0.493 e. The van der Waals surface area contributed by atoms with E-state index in [0.717, 1.165) is 5.56 Å². The molecule has 1 unspecified atom stereocenters. The first kappa shape index (κ1) is 19.8. The molecule has 0 aromatic heterocycles. The average Bonchev–Trinajstić information content (AvgIpc) is 2.64. The summed E-state index contributed by atoms with van der Waals surface area (Å²) in [4.78, 5) is 25.2. The summed E-state index contributed by atoms with van der Waals surface area (Å²) in [5.74, 6) is 0.518. The summed E-state index contributed by atoms with van der Waals surface area (Å²) >= 11 is 0. The summed E-state index contributed by atoms with van der Waals surface area (Å²) < 4.78 is 21.4. The van der Waals surface area contributed by atoms with Crippen molar-refractivity contribution in [2.45, 2.75) is 25.3 Å². The molecule has 0 radical (unpaired) electrons. The lowest BCUT2D eigenvalue weighted by molar-refractivity contribution is -0.146. The summed E-state index contributed by atoms with van der Waals surface area (Å²) in [6.07, 6.45) is 0.562. The van der Waals surface area contributed by atoms with Crippen LogP contribution in [0.4, 0.5) is 0 Å². The minimum absolute atomic E-state index is 0.101. The molecule has 1 aromatic rings. The third-order valence-corrected chi connectivity index (χ3v) is 4.35. The van der Waals surface area contributed by atoms with Crippen molar-refractivity contribution in [3.05, 3.63) is 17.7 Å². The molecule has 0 aliphatic carbocycles. The van der Waals surface area contributed by atoms with Crippen molar-refractivity contribution < 1.29 is 33.6 Å². The lowest BCUT2D eigenvalue weighted by atomic mass is 10.1. The van der Waals surface area contributed by atoms with Gasteiger partial charge in [-0.3, -0.25) is 9.59 Å². The van der Waals surface area contributed by atoms with Gasteiger partial charge in [0.1, 0.15) is 0 Å². The van der Waals surface area contributed by atoms with Crippen molar-refractivity contribution >= 4 is 11.9 Å². The van der Waals surface area contributed by atoms with Gasteiger partial charge in [0.25, 0.3) is 0 Å². The molecule has 1 saturated heterocycles. The summed E-state index contributed by atoms with van der Waals surface area (Å²) in [5.41, 5.74) is 0.821. The zero-order valence-electron chi connectivity index (χ0n) is 15.3. The van der Waals surface area contributed by atoms with E-state index >= 15 is 0 Å². The summed E-state index contributed by atoms with van der Waals surface area (Å²) in [6, 6.07) is 3.17. The Morgan fingerprint density at radius 1 is 1.19 bits per heavy atom. The molecule has 1 aliphatic heterocycles. The fourth-order valence-electron chi connectivity index (χ4n) is 3.10. The van der Waals surface area contributed by atoms with Crippen LogP contribution in [-0.4, -0.2) is 69.0 Å². The Bertz CT molecular complexity index is 647. The number of carboxylic acid groups (broad SMARTS) is 1. The van der Waals surface area contributed by atoms with E-state index in [1.54, 1.807) is 18.1 Å². The van der Waals surface area contributed by atoms with Gasteiger partial charge in [0.2, 0.25) is 11.7 Å². The van der Waals surface area contributed by atoms with Crippen molar-refractivity contribution in [1.82, 2.24) is 4.90 Å². The van der Waals surface area contributed by atoms with Crippen LogP contribution < -0.4 is 14.2 Å². The molecule has 1 aliphatic rings. The van der Waals surface area contributed by atoms with Gasteiger partial charge in [-0.05, 0) is 18.1 Å². The molecule has 2 rings (SSSR count). The predicted molar refractivity (Wildman–Crippen MR) is 93.0 cm³/mol. The van der Waals surface area contributed by atoms with Crippen molar-refractivity contribution in [2.75, 3.05) is 41.1 Å². The highest BCUT2D eigenvalue weighted by Gasteiger charge is 2.29. The highest BCUT2D eigenvalue weighted by Crippen LogP contribution is 2.40. The van der Waals surface area contributed by atoms with Crippen LogP contribution in [0.3, 0.4) is 0 Å². The standard InChI is InChI=1S/C18H25NO7/c1-23-14-6-4-12(17(24-2)18(14)25-3)5-7-15(20)19-8-9-26-11-13(19)10-16(21)22/h4,6,13H,5,7-11H2,1-3H3,(H,21,22). The Morgan fingerprint density at radius 3 is 2.54 bits per heavy atom. The van der Waals surface area contributed by atoms with Crippen LogP contribution >= 0.6 is 0 Å². The van der Waals surface area contributed by atoms with E-state index in [0.29, 0.717) is 36.8 Å². The summed E-state index contributed by atoms with van der Waals surface area (Å²) in [6.45, 7) is 1.07. The van der Waals surface area contributed by atoms with Gasteiger partial charge in [-0.1, -0.05) is 6.07 Å². The normalized spacial score (nSPS) is 16.9. The number of carbonyl (C=O) groups excluding carboxylic acids is 1. The van der Waals surface area contributed by atoms with E-state index in [4.69, 9.17) is 24.1 Å². The minimum Gasteiger partial charge on any atom is -0.493 e. The number of hydrogen-bond donors (Lipinski definition) is 1. The maximum absolute atomic E-state index is 12.6. The van der Waals surface area contributed by atoms with Gasteiger partial charge in [-0.2, -0.15) is 0 Å². The molecule has 1 amide bonds. The number of rotatable bonds is 8. The minimum atomic E-state index is -0.945. The number of amides is 1. The van der Waals surface area contributed by atoms with Crippen molar-refractivity contribution in [2.24, 2.45) is 0 Å². The van der Waals surface area contributed by atoms with Gasteiger partial charge in [0.15, 0.2) is 11.5 Å². The molecule has 1 heterocycles. The average molecular weight is 367 g/mol. The molecule has 8 heteroatoms. The smallest absolute Gasteiger partial charge is 0.305 e. The van der Waals surface area contributed by atoms with E-state index in [2.05, 4.69) is 0 Å². The molecule has 144 valence electrons. The second-order valence-electron chi connectivity index (χ2n) is 5.91. The molecular formula is C18H25NO7. The monoisotopic (exact) mass is 367 g/mol. The fourth-order valence-corrected chi connectivity index (χ4v) is 3.10. The summed E-state index contributed by atoms with van der Waals surface area (Å²) in [5, 5.41) is 9.01. The number of hydrogen-bond acceptors (Lipinski definition) is 6. The van der Waals surface area contributed by atoms with Crippen molar-refractivity contribution in [3.8, 4) is 17.2 Å². The Morgan fingerprint density at radius 2 is 1.92 bits per heavy atom. The second kappa shape index (κ2) is 9.28. The molecule has 8 nitrogen and oxygen atoms in total. The molecule has 0 saturated carbocycles. The zero-order valence-corrected chi connectivity index (χ0v) is 15.3. The SMILES string of the molecule is COc1ccc(CCC(=O)N2CCOCC2CC(=O)O)c(OC)c1OC. The first-order chi connectivity index (χ1) is 12.5. The van der Waals surface area contributed by atoms with Gasteiger partial charge in [-0.25, -0.2) is 0 Å². The van der Waals surface area contributed by atoms with Crippen LogP contribution in [0.5, 0.6) is 17.2 Å².